The molecule has 2 aliphatic rings. The van der Waals surface area contributed by atoms with E-state index in [1.54, 1.807) is 0 Å². The van der Waals surface area contributed by atoms with Gasteiger partial charge in [0, 0.05) is 18.1 Å². The summed E-state index contributed by atoms with van der Waals surface area (Å²) in [5.41, 5.74) is 6.12. The summed E-state index contributed by atoms with van der Waals surface area (Å²) in [5.74, 6) is 1.39. The van der Waals surface area contributed by atoms with E-state index in [0.717, 1.165) is 12.8 Å². The standard InChI is InChI=1S/C15H29N3O.2ClH/c1-10(2)18(3)9-14(19)17-15-11-5-4-6-12(15)8-13(16)7-11;;/h10-13,15H,4-9,16H2,1-3H3,(H,17,19);2*1H. The highest BCUT2D eigenvalue weighted by Gasteiger charge is 2.39. The van der Waals surface area contributed by atoms with Gasteiger partial charge in [-0.05, 0) is 58.4 Å². The highest BCUT2D eigenvalue weighted by atomic mass is 35.5. The van der Waals surface area contributed by atoms with Crippen molar-refractivity contribution in [1.82, 2.24) is 10.2 Å². The fourth-order valence-corrected chi connectivity index (χ4v) is 3.67. The van der Waals surface area contributed by atoms with Crippen molar-refractivity contribution in [2.45, 2.75) is 64.1 Å². The van der Waals surface area contributed by atoms with Gasteiger partial charge in [-0.3, -0.25) is 9.69 Å². The Labute approximate surface area is 141 Å². The van der Waals surface area contributed by atoms with Crippen LogP contribution in [0.15, 0.2) is 0 Å². The third-order valence-electron chi connectivity index (χ3n) is 4.98. The van der Waals surface area contributed by atoms with Crippen LogP contribution in [0, 0.1) is 11.8 Å². The Morgan fingerprint density at radius 1 is 1.24 bits per heavy atom. The Morgan fingerprint density at radius 3 is 2.24 bits per heavy atom. The number of likely N-dealkylation sites (N-methyl/N-ethyl adjacent to an activating group) is 1. The molecule has 0 aliphatic heterocycles. The summed E-state index contributed by atoms with van der Waals surface area (Å²) in [7, 11) is 2.00. The van der Waals surface area contributed by atoms with Crippen molar-refractivity contribution < 1.29 is 4.79 Å². The maximum absolute atomic E-state index is 12.2. The largest absolute Gasteiger partial charge is 0.352 e. The number of nitrogens with two attached hydrogens (primary N) is 1. The molecule has 0 heterocycles. The topological polar surface area (TPSA) is 58.4 Å². The molecule has 2 bridgehead atoms. The average Bonchev–Trinajstić information content (AvgIpc) is 2.30. The van der Waals surface area contributed by atoms with Crippen molar-refractivity contribution in [1.29, 1.82) is 0 Å². The molecular formula is C15H31Cl2N3O. The SMILES string of the molecule is CC(C)N(C)CC(=O)NC1C2CCCC1CC(N)C2.Cl.Cl. The van der Waals surface area contributed by atoms with Crippen LogP contribution < -0.4 is 11.1 Å². The second-order valence-electron chi connectivity index (χ2n) is 6.78. The monoisotopic (exact) mass is 339 g/mol. The number of nitrogens with one attached hydrogen (secondary N) is 1. The van der Waals surface area contributed by atoms with E-state index in [1.165, 1.54) is 19.3 Å². The smallest absolute Gasteiger partial charge is 0.234 e. The Bertz CT molecular complexity index is 314. The summed E-state index contributed by atoms with van der Waals surface area (Å²) >= 11 is 0. The zero-order valence-corrected chi connectivity index (χ0v) is 15.0. The number of halogens is 2. The van der Waals surface area contributed by atoms with Gasteiger partial charge in [-0.25, -0.2) is 0 Å². The van der Waals surface area contributed by atoms with Crippen LogP contribution in [0.5, 0.6) is 0 Å². The summed E-state index contributed by atoms with van der Waals surface area (Å²) in [6.45, 7) is 4.73. The van der Waals surface area contributed by atoms with Crippen molar-refractivity contribution in [3.63, 3.8) is 0 Å². The summed E-state index contributed by atoms with van der Waals surface area (Å²) < 4.78 is 0. The van der Waals surface area contributed by atoms with E-state index in [2.05, 4.69) is 24.1 Å². The third-order valence-corrected chi connectivity index (χ3v) is 4.98. The van der Waals surface area contributed by atoms with Crippen LogP contribution >= 0.6 is 24.8 Å². The molecule has 0 aromatic heterocycles. The molecule has 2 rings (SSSR count). The van der Waals surface area contributed by atoms with Gasteiger partial charge in [0.25, 0.3) is 0 Å². The molecule has 0 saturated heterocycles. The van der Waals surface area contributed by atoms with E-state index in [-0.39, 0.29) is 30.7 Å². The molecule has 2 atom stereocenters. The van der Waals surface area contributed by atoms with E-state index in [0.29, 0.717) is 36.5 Å². The molecule has 6 heteroatoms. The van der Waals surface area contributed by atoms with Gasteiger partial charge >= 0.3 is 0 Å². The first-order valence-electron chi connectivity index (χ1n) is 7.72. The number of carbonyl (C=O) groups excluding carboxylic acids is 1. The number of rotatable bonds is 4. The van der Waals surface area contributed by atoms with Crippen molar-refractivity contribution in [3.05, 3.63) is 0 Å². The summed E-state index contributed by atoms with van der Waals surface area (Å²) in [6.07, 6.45) is 5.94. The first-order chi connectivity index (χ1) is 8.97. The van der Waals surface area contributed by atoms with Gasteiger partial charge < -0.3 is 11.1 Å². The minimum Gasteiger partial charge on any atom is -0.352 e. The zero-order chi connectivity index (χ0) is 14.0. The summed E-state index contributed by atoms with van der Waals surface area (Å²) in [4.78, 5) is 14.2. The molecule has 0 aromatic carbocycles. The second kappa shape index (κ2) is 9.19. The molecule has 0 aromatic rings. The fourth-order valence-electron chi connectivity index (χ4n) is 3.67. The lowest BCUT2D eigenvalue weighted by molar-refractivity contribution is -0.124. The van der Waals surface area contributed by atoms with Crippen molar-refractivity contribution >= 4 is 30.7 Å². The van der Waals surface area contributed by atoms with Gasteiger partial charge in [0.15, 0.2) is 0 Å². The van der Waals surface area contributed by atoms with E-state index in [9.17, 15) is 4.79 Å². The van der Waals surface area contributed by atoms with Crippen molar-refractivity contribution in [2.24, 2.45) is 17.6 Å². The number of fused-ring (bicyclic) bond motifs is 2. The molecule has 0 radical (unpaired) electrons. The van der Waals surface area contributed by atoms with E-state index < -0.39 is 0 Å². The first-order valence-corrected chi connectivity index (χ1v) is 7.72. The van der Waals surface area contributed by atoms with Crippen LogP contribution in [0.1, 0.15) is 46.0 Å². The molecule has 2 unspecified atom stereocenters. The lowest BCUT2D eigenvalue weighted by atomic mass is 9.67. The minimum absolute atomic E-state index is 0. The molecule has 2 aliphatic carbocycles. The molecule has 0 spiro atoms. The number of nitrogens with zero attached hydrogens (tertiary/aromatic N) is 1. The van der Waals surface area contributed by atoms with Gasteiger partial charge in [0.1, 0.15) is 0 Å². The molecule has 4 nitrogen and oxygen atoms in total. The number of amides is 1. The Hall–Kier alpha value is -0.0300. The Balaban J connectivity index is 0.00000200. The zero-order valence-electron chi connectivity index (χ0n) is 13.4. The highest BCUT2D eigenvalue weighted by Crippen LogP contribution is 2.39. The van der Waals surface area contributed by atoms with E-state index >= 15 is 0 Å². The van der Waals surface area contributed by atoms with Crippen LogP contribution in [0.25, 0.3) is 0 Å². The third kappa shape index (κ3) is 5.59. The van der Waals surface area contributed by atoms with E-state index in [4.69, 9.17) is 5.73 Å². The van der Waals surface area contributed by atoms with Crippen LogP contribution in [-0.2, 0) is 4.79 Å². The van der Waals surface area contributed by atoms with Gasteiger partial charge in [-0.1, -0.05) is 6.42 Å². The fraction of sp³-hybridized carbons (Fsp3) is 0.933. The molecule has 126 valence electrons. The van der Waals surface area contributed by atoms with Gasteiger partial charge in [0.05, 0.1) is 6.54 Å². The van der Waals surface area contributed by atoms with Crippen LogP contribution in [0.3, 0.4) is 0 Å². The highest BCUT2D eigenvalue weighted by molar-refractivity contribution is 5.85. The number of hydrogen-bond donors (Lipinski definition) is 2. The summed E-state index contributed by atoms with van der Waals surface area (Å²) in [5, 5.41) is 3.29. The Morgan fingerprint density at radius 2 is 1.76 bits per heavy atom. The van der Waals surface area contributed by atoms with Gasteiger partial charge in [-0.2, -0.15) is 0 Å². The predicted molar refractivity (Wildman–Crippen MR) is 92.2 cm³/mol. The van der Waals surface area contributed by atoms with Crippen molar-refractivity contribution in [2.75, 3.05) is 13.6 Å². The molecule has 2 fully saturated rings. The minimum atomic E-state index is 0. The quantitative estimate of drug-likeness (QED) is 0.825. The van der Waals surface area contributed by atoms with Crippen molar-refractivity contribution in [3.8, 4) is 0 Å². The second-order valence-corrected chi connectivity index (χ2v) is 6.78. The van der Waals surface area contributed by atoms with Crippen LogP contribution in [0.4, 0.5) is 0 Å². The molecule has 3 N–H and O–H groups in total. The first kappa shape index (κ1) is 21.0. The van der Waals surface area contributed by atoms with Crippen LogP contribution in [-0.4, -0.2) is 42.5 Å². The van der Waals surface area contributed by atoms with Gasteiger partial charge in [0.2, 0.25) is 5.91 Å². The predicted octanol–water partition coefficient (Wildman–Crippen LogP) is 2.19. The average molecular weight is 340 g/mol. The molecular weight excluding hydrogens is 309 g/mol. The van der Waals surface area contributed by atoms with Gasteiger partial charge in [-0.15, -0.1) is 24.8 Å². The maximum atomic E-state index is 12.2. The maximum Gasteiger partial charge on any atom is 0.234 e. The Kier molecular flexibility index (Phi) is 9.17. The van der Waals surface area contributed by atoms with Crippen LogP contribution in [0.2, 0.25) is 0 Å². The molecule has 21 heavy (non-hydrogen) atoms. The number of carbonyl (C=O) groups is 1. The lowest BCUT2D eigenvalue weighted by Gasteiger charge is -2.45. The molecule has 2 saturated carbocycles. The summed E-state index contributed by atoms with van der Waals surface area (Å²) in [6, 6.07) is 1.13. The number of hydrogen-bond acceptors (Lipinski definition) is 3. The molecule has 1 amide bonds. The lowest BCUT2D eigenvalue weighted by Crippen LogP contribution is -2.55. The van der Waals surface area contributed by atoms with E-state index in [1.807, 2.05) is 7.05 Å². The normalized spacial score (nSPS) is 31.3.